The van der Waals surface area contributed by atoms with Crippen LogP contribution in [-0.4, -0.2) is 64.1 Å². The average molecular weight is 639 g/mol. The van der Waals surface area contributed by atoms with E-state index in [-0.39, 0.29) is 60.3 Å². The van der Waals surface area contributed by atoms with Crippen LogP contribution >= 0.6 is 24.8 Å². The van der Waals surface area contributed by atoms with Crippen molar-refractivity contribution >= 4 is 41.3 Å². The fourth-order valence-corrected chi connectivity index (χ4v) is 5.98. The average Bonchev–Trinajstić information content (AvgIpc) is 3.22. The molecule has 8 nitrogen and oxygen atoms in total. The number of methoxy groups -OCH3 is 1. The van der Waals surface area contributed by atoms with Crippen molar-refractivity contribution in [3.63, 3.8) is 0 Å². The summed E-state index contributed by atoms with van der Waals surface area (Å²) in [6.07, 6.45) is -7.29. The van der Waals surface area contributed by atoms with Crippen LogP contribution in [0.1, 0.15) is 37.8 Å². The smallest absolute Gasteiger partial charge is 0.427 e. The normalized spacial score (nSPS) is 22.2. The highest BCUT2D eigenvalue weighted by molar-refractivity contribution is 7.85. The van der Waals surface area contributed by atoms with Crippen molar-refractivity contribution < 1.29 is 40.9 Å². The summed E-state index contributed by atoms with van der Waals surface area (Å²) in [5.41, 5.74) is 6.01. The fourth-order valence-electron chi connectivity index (χ4n) is 4.34. The van der Waals surface area contributed by atoms with E-state index < -0.39 is 65.0 Å². The van der Waals surface area contributed by atoms with Crippen molar-refractivity contribution in [1.29, 1.82) is 0 Å². The minimum absolute atomic E-state index is 0. The van der Waals surface area contributed by atoms with Crippen LogP contribution in [0.25, 0.3) is 0 Å². The molecular formula is C25H37Cl2F4N3O5S. The minimum Gasteiger partial charge on any atom is -0.476 e. The number of ether oxygens (including phenoxy) is 2. The molecule has 0 aliphatic carbocycles. The van der Waals surface area contributed by atoms with Gasteiger partial charge >= 0.3 is 6.18 Å². The number of nitrogens with zero attached hydrogens (tertiary/aromatic N) is 1. The first-order valence-corrected chi connectivity index (χ1v) is 13.7. The molecule has 1 aromatic heterocycles. The number of anilines is 1. The first-order chi connectivity index (χ1) is 17.7. The standard InChI is InChI=1S/C25H35F4N3O5S.2ClH/c1-24(2,3)9-17-8-16(32-37-17)10-31-19-13-38(34)12-15(23(19)33)5-14-6-18(26)22(30)20(7-14)36-21(11-35-4)25(27,28)29;;/h6-8,15,19,21,23,31,33H,5,9-13,30H2,1-4H3;2*1H/t15-,19+,21-,23+,38-;;/m1../s1. The maximum atomic E-state index is 14.5. The van der Waals surface area contributed by atoms with Crippen LogP contribution in [0.5, 0.6) is 5.75 Å². The van der Waals surface area contributed by atoms with Gasteiger partial charge in [-0.3, -0.25) is 4.21 Å². The lowest BCUT2D eigenvalue weighted by Gasteiger charge is -2.35. The van der Waals surface area contributed by atoms with Gasteiger partial charge in [0.25, 0.3) is 0 Å². The largest absolute Gasteiger partial charge is 0.476 e. The van der Waals surface area contributed by atoms with E-state index in [1.54, 1.807) is 0 Å². The number of aliphatic hydroxyl groups excluding tert-OH is 1. The number of alkyl halides is 3. The number of hydrogen-bond donors (Lipinski definition) is 3. The lowest BCUT2D eigenvalue weighted by Crippen LogP contribution is -2.53. The molecule has 1 aliphatic heterocycles. The number of halogens is 6. The molecule has 0 bridgehead atoms. The van der Waals surface area contributed by atoms with Gasteiger partial charge in [0, 0.05) is 60.4 Å². The monoisotopic (exact) mass is 637 g/mol. The van der Waals surface area contributed by atoms with Gasteiger partial charge in [0.2, 0.25) is 6.10 Å². The molecule has 2 aromatic rings. The molecule has 0 spiro atoms. The quantitative estimate of drug-likeness (QED) is 0.262. The van der Waals surface area contributed by atoms with Gasteiger partial charge in [-0.05, 0) is 29.5 Å². The van der Waals surface area contributed by atoms with E-state index in [0.29, 0.717) is 12.1 Å². The molecule has 40 heavy (non-hydrogen) atoms. The Labute approximate surface area is 246 Å². The highest BCUT2D eigenvalue weighted by Gasteiger charge is 2.42. The molecule has 1 aliphatic rings. The van der Waals surface area contributed by atoms with Gasteiger partial charge in [-0.25, -0.2) is 4.39 Å². The third-order valence-electron chi connectivity index (χ3n) is 6.12. The molecule has 15 heteroatoms. The summed E-state index contributed by atoms with van der Waals surface area (Å²) in [7, 11) is -0.193. The molecule has 4 N–H and O–H groups in total. The van der Waals surface area contributed by atoms with Gasteiger partial charge in [-0.15, -0.1) is 24.8 Å². The Hall–Kier alpha value is -1.64. The number of benzene rings is 1. The third-order valence-corrected chi connectivity index (χ3v) is 7.65. The zero-order chi connectivity index (χ0) is 28.3. The van der Waals surface area contributed by atoms with Crippen molar-refractivity contribution in [3.05, 3.63) is 41.0 Å². The lowest BCUT2D eigenvalue weighted by atomic mass is 9.90. The Balaban J connectivity index is 0.00000400. The molecule has 1 fully saturated rings. The Morgan fingerprint density at radius 2 is 1.90 bits per heavy atom. The second-order valence-corrected chi connectivity index (χ2v) is 12.4. The minimum atomic E-state index is -4.76. The van der Waals surface area contributed by atoms with Crippen LogP contribution in [0.4, 0.5) is 23.2 Å². The van der Waals surface area contributed by atoms with Gasteiger partial charge in [0.15, 0.2) is 0 Å². The van der Waals surface area contributed by atoms with E-state index in [4.69, 9.17) is 15.0 Å². The fraction of sp³-hybridized carbons (Fsp3) is 0.640. The van der Waals surface area contributed by atoms with Crippen LogP contribution in [0.15, 0.2) is 22.7 Å². The van der Waals surface area contributed by atoms with E-state index in [9.17, 15) is 26.9 Å². The van der Waals surface area contributed by atoms with Gasteiger partial charge in [-0.1, -0.05) is 25.9 Å². The van der Waals surface area contributed by atoms with Gasteiger partial charge in [0.05, 0.1) is 18.4 Å². The second-order valence-electron chi connectivity index (χ2n) is 10.8. The molecule has 0 saturated carbocycles. The zero-order valence-electron chi connectivity index (χ0n) is 22.6. The van der Waals surface area contributed by atoms with Crippen LogP contribution in [-0.2, 0) is 34.9 Å². The Morgan fingerprint density at radius 1 is 1.23 bits per heavy atom. The van der Waals surface area contributed by atoms with Crippen LogP contribution in [0.2, 0.25) is 0 Å². The molecule has 0 radical (unpaired) electrons. The molecule has 230 valence electrons. The van der Waals surface area contributed by atoms with Gasteiger partial charge in [0.1, 0.15) is 23.0 Å². The number of hydrogen-bond acceptors (Lipinski definition) is 8. The summed E-state index contributed by atoms with van der Waals surface area (Å²) >= 11 is 0. The van der Waals surface area contributed by atoms with E-state index in [1.807, 2.05) is 6.07 Å². The predicted octanol–water partition coefficient (Wildman–Crippen LogP) is 4.22. The predicted molar refractivity (Wildman–Crippen MR) is 149 cm³/mol. The molecular weight excluding hydrogens is 601 g/mol. The Bertz CT molecular complexity index is 1120. The number of aromatic nitrogens is 1. The first kappa shape index (κ1) is 36.4. The zero-order valence-corrected chi connectivity index (χ0v) is 25.1. The summed E-state index contributed by atoms with van der Waals surface area (Å²) in [4.78, 5) is 0. The van der Waals surface area contributed by atoms with Crippen molar-refractivity contribution in [3.8, 4) is 5.75 Å². The Morgan fingerprint density at radius 3 is 2.50 bits per heavy atom. The molecule has 5 atom stereocenters. The molecule has 0 unspecified atom stereocenters. The maximum Gasteiger partial charge on any atom is 0.427 e. The Kier molecular flexibility index (Phi) is 13.7. The van der Waals surface area contributed by atoms with E-state index >= 15 is 0 Å². The van der Waals surface area contributed by atoms with E-state index in [2.05, 4.69) is 36.0 Å². The number of nitrogens with one attached hydrogen (secondary N) is 1. The van der Waals surface area contributed by atoms with E-state index in [0.717, 1.165) is 18.9 Å². The molecule has 3 rings (SSSR count). The summed E-state index contributed by atoms with van der Waals surface area (Å²) in [5, 5.41) is 18.2. The van der Waals surface area contributed by atoms with Crippen molar-refractivity contribution in [2.45, 2.75) is 64.6 Å². The second kappa shape index (κ2) is 15.0. The topological polar surface area (TPSA) is 120 Å². The summed E-state index contributed by atoms with van der Waals surface area (Å²) < 4.78 is 81.9. The molecule has 2 heterocycles. The summed E-state index contributed by atoms with van der Waals surface area (Å²) in [6, 6.07) is 3.59. The number of rotatable bonds is 10. The summed E-state index contributed by atoms with van der Waals surface area (Å²) in [5.74, 6) is -0.882. The molecule has 0 amide bonds. The number of aliphatic hydroxyl groups is 1. The SMILES string of the molecule is COC[C@@H](Oc1cc(C[C@@H]2C[S@@](=O)C[C@H](NCc3cc(CC(C)(C)C)on3)[C@H]2O)cc(F)c1N)C(F)(F)F.Cl.Cl. The lowest BCUT2D eigenvalue weighted by molar-refractivity contribution is -0.206. The van der Waals surface area contributed by atoms with Crippen LogP contribution in [0, 0.1) is 17.2 Å². The third kappa shape index (κ3) is 10.3. The van der Waals surface area contributed by atoms with Crippen LogP contribution in [0.3, 0.4) is 0 Å². The molecule has 1 saturated heterocycles. The highest BCUT2D eigenvalue weighted by atomic mass is 35.5. The van der Waals surface area contributed by atoms with Crippen molar-refractivity contribution in [2.75, 3.05) is 31.0 Å². The van der Waals surface area contributed by atoms with Crippen LogP contribution < -0.4 is 15.8 Å². The van der Waals surface area contributed by atoms with Gasteiger partial charge < -0.3 is 30.2 Å². The molecule has 1 aromatic carbocycles. The first-order valence-electron chi connectivity index (χ1n) is 12.2. The summed E-state index contributed by atoms with van der Waals surface area (Å²) in [6.45, 7) is 5.73. The highest BCUT2D eigenvalue weighted by Crippen LogP contribution is 2.33. The number of nitrogens with two attached hydrogens (primary N) is 1. The van der Waals surface area contributed by atoms with E-state index in [1.165, 1.54) is 6.07 Å². The van der Waals surface area contributed by atoms with Crippen molar-refractivity contribution in [1.82, 2.24) is 10.5 Å². The van der Waals surface area contributed by atoms with Crippen molar-refractivity contribution in [2.24, 2.45) is 11.3 Å². The van der Waals surface area contributed by atoms with Gasteiger partial charge in [-0.2, -0.15) is 13.2 Å². The number of nitrogen functional groups attached to an aromatic ring is 1. The maximum absolute atomic E-state index is 14.5.